The molecule has 8 rings (SSSR count). The molecule has 7 aliphatic rings. The topological polar surface area (TPSA) is 207 Å². The number of Topliss-reactive ketones (excluding diaryl/α,β-unsaturated/α-hetero) is 1. The smallest absolute Gasteiger partial charge is 0.316 e. The lowest BCUT2D eigenvalue weighted by Crippen LogP contribution is -2.58. The zero-order valence-corrected chi connectivity index (χ0v) is 47.6. The Labute approximate surface area is 456 Å². The number of aliphatic hydroxyl groups excluding tert-OH is 2. The summed E-state index contributed by atoms with van der Waals surface area (Å²) in [6, 6.07) is 4.96. The SMILES string of the molecule is CC(=O)c1ccc(O)c(CC=C(C)C)c1.CCC(C)C1OC2(C=CC1C)CC1CC(CC=C(C)C(OC3CC(OC)C(OC4CC(OC)C(O)C(C)O4)C(C)O3)C(C)C=CC=C3COC4C(O)C(C)=CC(C(=O)O1)C34O)O2. The number of aliphatic hydroxyl groups is 3. The van der Waals surface area contributed by atoms with Gasteiger partial charge in [0.05, 0.1) is 49.3 Å². The second-order valence-electron chi connectivity index (χ2n) is 22.8. The van der Waals surface area contributed by atoms with E-state index in [0.717, 1.165) is 17.6 Å². The molecular weight excluding hydrogens is 989 g/mol. The first-order valence-electron chi connectivity index (χ1n) is 27.8. The van der Waals surface area contributed by atoms with Crippen LogP contribution in [0.5, 0.6) is 5.75 Å². The molecular formula is C61H88O16. The van der Waals surface area contributed by atoms with Crippen molar-refractivity contribution in [3.63, 3.8) is 0 Å². The predicted octanol–water partition coefficient (Wildman–Crippen LogP) is 8.48. The molecule has 77 heavy (non-hydrogen) atoms. The third-order valence-corrected chi connectivity index (χ3v) is 16.7. The maximum absolute atomic E-state index is 14.3. The van der Waals surface area contributed by atoms with Gasteiger partial charge in [-0.2, -0.15) is 0 Å². The normalized spacial score (nSPS) is 39.7. The van der Waals surface area contributed by atoms with Gasteiger partial charge in [-0.1, -0.05) is 82.2 Å². The summed E-state index contributed by atoms with van der Waals surface area (Å²) in [6.07, 6.45) is 11.2. The van der Waals surface area contributed by atoms with Crippen molar-refractivity contribution in [2.24, 2.45) is 23.7 Å². The van der Waals surface area contributed by atoms with Crippen molar-refractivity contribution >= 4 is 11.8 Å². The molecule has 16 heteroatoms. The number of benzene rings is 1. The minimum absolute atomic E-state index is 0.0217. The molecule has 16 nitrogen and oxygen atoms in total. The molecule has 4 saturated heterocycles. The van der Waals surface area contributed by atoms with E-state index in [2.05, 4.69) is 39.8 Å². The Kier molecular flexibility index (Phi) is 20.6. The van der Waals surface area contributed by atoms with Crippen LogP contribution < -0.4 is 0 Å². The summed E-state index contributed by atoms with van der Waals surface area (Å²) >= 11 is 0. The number of phenols is 1. The highest BCUT2D eigenvalue weighted by Gasteiger charge is 2.60. The highest BCUT2D eigenvalue weighted by molar-refractivity contribution is 5.94. The van der Waals surface area contributed by atoms with E-state index in [9.17, 15) is 30.0 Å². The number of esters is 1. The molecule has 0 saturated carbocycles. The van der Waals surface area contributed by atoms with Crippen molar-refractivity contribution in [3.8, 4) is 5.75 Å². The van der Waals surface area contributed by atoms with E-state index in [4.69, 9.17) is 47.4 Å². The fourth-order valence-electron chi connectivity index (χ4n) is 11.8. The fraction of sp³-hybridized carbons (Fsp3) is 0.672. The Bertz CT molecular complexity index is 2390. The first kappa shape index (κ1) is 60.8. The fourth-order valence-corrected chi connectivity index (χ4v) is 11.8. The number of methoxy groups -OCH3 is 2. The average molecular weight is 1080 g/mol. The van der Waals surface area contributed by atoms with Crippen LogP contribution in [0.3, 0.4) is 0 Å². The number of ether oxygens (including phenoxy) is 10. The summed E-state index contributed by atoms with van der Waals surface area (Å²) in [5, 5.41) is 43.8. The van der Waals surface area contributed by atoms with E-state index >= 15 is 0 Å². The van der Waals surface area contributed by atoms with Crippen molar-refractivity contribution in [3.05, 3.63) is 100 Å². The van der Waals surface area contributed by atoms with Crippen LogP contribution in [-0.2, 0) is 58.6 Å². The zero-order valence-electron chi connectivity index (χ0n) is 47.6. The van der Waals surface area contributed by atoms with Crippen LogP contribution in [0.1, 0.15) is 131 Å². The molecule has 428 valence electrons. The summed E-state index contributed by atoms with van der Waals surface area (Å²) in [5.41, 5.74) is 2.77. The Hall–Kier alpha value is -3.88. The van der Waals surface area contributed by atoms with Crippen LogP contribution in [0, 0.1) is 23.7 Å². The molecule has 4 N–H and O–H groups in total. The number of hydrogen-bond donors (Lipinski definition) is 4. The second kappa shape index (κ2) is 26.1. The second-order valence-corrected chi connectivity index (χ2v) is 22.8. The van der Waals surface area contributed by atoms with Gasteiger partial charge in [-0.05, 0) is 114 Å². The van der Waals surface area contributed by atoms with Crippen LogP contribution in [0.15, 0.2) is 89.1 Å². The third kappa shape index (κ3) is 14.0. The summed E-state index contributed by atoms with van der Waals surface area (Å²) < 4.78 is 63.7. The number of phenolic OH excluding ortho intramolecular Hbond substituents is 1. The van der Waals surface area contributed by atoms with E-state index in [1.54, 1.807) is 58.4 Å². The molecule has 1 aliphatic carbocycles. The monoisotopic (exact) mass is 1080 g/mol. The van der Waals surface area contributed by atoms with Crippen LogP contribution in [0.4, 0.5) is 0 Å². The highest BCUT2D eigenvalue weighted by Crippen LogP contribution is 2.47. The summed E-state index contributed by atoms with van der Waals surface area (Å²) in [6.45, 7) is 21.6. The summed E-state index contributed by atoms with van der Waals surface area (Å²) in [7, 11) is 3.22. The molecule has 1 aromatic carbocycles. The molecule has 0 radical (unpaired) electrons. The Morgan fingerprint density at radius 2 is 1.60 bits per heavy atom. The largest absolute Gasteiger partial charge is 0.508 e. The number of aromatic hydroxyl groups is 1. The number of ketones is 1. The van der Waals surface area contributed by atoms with E-state index < -0.39 is 90.8 Å². The van der Waals surface area contributed by atoms with E-state index in [1.807, 2.05) is 52.0 Å². The van der Waals surface area contributed by atoms with Crippen molar-refractivity contribution in [1.29, 1.82) is 0 Å². The first-order valence-corrected chi connectivity index (χ1v) is 27.8. The van der Waals surface area contributed by atoms with E-state index in [0.29, 0.717) is 55.2 Å². The maximum atomic E-state index is 14.3. The van der Waals surface area contributed by atoms with Gasteiger partial charge in [0.15, 0.2) is 24.2 Å². The van der Waals surface area contributed by atoms with Gasteiger partial charge in [0.2, 0.25) is 0 Å². The number of hydrogen-bond acceptors (Lipinski definition) is 16. The molecule has 0 aromatic heterocycles. The third-order valence-electron chi connectivity index (χ3n) is 16.7. The summed E-state index contributed by atoms with van der Waals surface area (Å²) in [4.78, 5) is 25.5. The molecule has 1 spiro atoms. The Balaban J connectivity index is 0.000000495. The predicted molar refractivity (Wildman–Crippen MR) is 289 cm³/mol. The lowest BCUT2D eigenvalue weighted by atomic mass is 9.71. The number of carbonyl (C=O) groups excluding carboxylic acids is 2. The average Bonchev–Trinajstić information content (AvgIpc) is 3.79. The molecule has 0 amide bonds. The number of allylic oxidation sites excluding steroid dienone is 4. The minimum atomic E-state index is -1.84. The Morgan fingerprint density at radius 3 is 2.29 bits per heavy atom. The van der Waals surface area contributed by atoms with Crippen LogP contribution in [0.25, 0.3) is 0 Å². The molecule has 6 heterocycles. The van der Waals surface area contributed by atoms with Crippen molar-refractivity contribution in [1.82, 2.24) is 0 Å². The lowest BCUT2D eigenvalue weighted by Gasteiger charge is -2.48. The maximum Gasteiger partial charge on any atom is 0.316 e. The molecule has 20 atom stereocenters. The van der Waals surface area contributed by atoms with E-state index in [1.165, 1.54) is 12.5 Å². The molecule has 2 bridgehead atoms. The van der Waals surface area contributed by atoms with E-state index in [-0.39, 0.29) is 54.2 Å². The zero-order chi connectivity index (χ0) is 56.1. The van der Waals surface area contributed by atoms with Gasteiger partial charge >= 0.3 is 5.97 Å². The van der Waals surface area contributed by atoms with Gasteiger partial charge in [-0.3, -0.25) is 9.59 Å². The Morgan fingerprint density at radius 1 is 0.896 bits per heavy atom. The molecule has 4 fully saturated rings. The number of carbonyl (C=O) groups is 2. The number of rotatable bonds is 11. The standard InChI is InChI=1S/C48H72O14.C13H16O2/c1-11-25(2)43-28(5)17-18-47(62-43)23-34-20-33(61-47)16-15-27(4)42(26(3)13-12-14-32-24-55-45-40(49)29(6)19-35(46(51)58-34)48(32,45)52)59-39-22-37(54-10)44(31(8)57-39)60-38-21-36(53-9)41(50)30(7)56-38;1-9(2)4-5-12-8-11(10(3)14)6-7-13(12)15/h12-15,17-19,25-26,28,30-31,33-45,49-50,52H,11,16,20-24H2,1-10H3;4,6-8,15H,5H2,1-3H3. The van der Waals surface area contributed by atoms with Gasteiger partial charge in [0, 0.05) is 57.3 Å². The van der Waals surface area contributed by atoms with Crippen molar-refractivity contribution in [2.75, 3.05) is 20.8 Å². The lowest BCUT2D eigenvalue weighted by molar-refractivity contribution is -0.318. The molecule has 1 aromatic rings. The van der Waals surface area contributed by atoms with Gasteiger partial charge in [0.25, 0.3) is 0 Å². The van der Waals surface area contributed by atoms with Crippen LogP contribution in [0.2, 0.25) is 0 Å². The number of fused-ring (bicyclic) bond motifs is 2. The summed E-state index contributed by atoms with van der Waals surface area (Å²) in [5.74, 6) is -2.29. The highest BCUT2D eigenvalue weighted by atomic mass is 16.7. The molecule has 6 aliphatic heterocycles. The van der Waals surface area contributed by atoms with Crippen LogP contribution >= 0.6 is 0 Å². The van der Waals surface area contributed by atoms with Gasteiger partial charge in [-0.15, -0.1) is 0 Å². The molecule has 20 unspecified atom stereocenters. The minimum Gasteiger partial charge on any atom is -0.508 e. The quantitative estimate of drug-likeness (QED) is 0.0931. The van der Waals surface area contributed by atoms with Crippen LogP contribution in [-0.4, -0.2) is 150 Å². The van der Waals surface area contributed by atoms with Crippen molar-refractivity contribution in [2.45, 2.75) is 218 Å². The van der Waals surface area contributed by atoms with Gasteiger partial charge in [0.1, 0.15) is 47.8 Å². The van der Waals surface area contributed by atoms with Gasteiger partial charge < -0.3 is 67.8 Å². The van der Waals surface area contributed by atoms with Crippen molar-refractivity contribution < 1.29 is 77.4 Å². The van der Waals surface area contributed by atoms with Gasteiger partial charge in [-0.25, -0.2) is 0 Å². The first-order chi connectivity index (χ1) is 36.5.